The summed E-state index contributed by atoms with van der Waals surface area (Å²) in [4.78, 5) is 22.8. The Kier molecular flexibility index (Phi) is 3.14. The minimum absolute atomic E-state index is 0.146. The fraction of sp³-hybridized carbons (Fsp3) is 0.154. The topological polar surface area (TPSA) is 52.0 Å². The fourth-order valence-electron chi connectivity index (χ4n) is 1.51. The molecule has 4 heteroatoms. The fourth-order valence-corrected chi connectivity index (χ4v) is 1.51. The monoisotopic (exact) mass is 228 g/mol. The van der Waals surface area contributed by atoms with Gasteiger partial charge in [-0.25, -0.2) is 4.68 Å². The number of benzene rings is 1. The van der Waals surface area contributed by atoms with Gasteiger partial charge in [0.15, 0.2) is 5.78 Å². The highest BCUT2D eigenvalue weighted by atomic mass is 16.1. The zero-order valence-corrected chi connectivity index (χ0v) is 9.46. The molecule has 1 aromatic carbocycles. The van der Waals surface area contributed by atoms with Crippen molar-refractivity contribution >= 4 is 5.78 Å². The molecule has 17 heavy (non-hydrogen) atoms. The van der Waals surface area contributed by atoms with Gasteiger partial charge in [-0.1, -0.05) is 30.3 Å². The summed E-state index contributed by atoms with van der Waals surface area (Å²) < 4.78 is 1.30. The Labute approximate surface area is 98.5 Å². The van der Waals surface area contributed by atoms with Crippen molar-refractivity contribution in [1.29, 1.82) is 0 Å². The van der Waals surface area contributed by atoms with E-state index in [0.717, 1.165) is 5.56 Å². The lowest BCUT2D eigenvalue weighted by Gasteiger charge is -2.05. The van der Waals surface area contributed by atoms with Gasteiger partial charge in [0.05, 0.1) is 6.54 Å². The molecule has 0 fully saturated rings. The van der Waals surface area contributed by atoms with E-state index in [-0.39, 0.29) is 11.3 Å². The molecule has 0 bridgehead atoms. The van der Waals surface area contributed by atoms with Gasteiger partial charge in [0.2, 0.25) is 0 Å². The van der Waals surface area contributed by atoms with Crippen LogP contribution in [0.1, 0.15) is 23.0 Å². The van der Waals surface area contributed by atoms with Gasteiger partial charge < -0.3 is 0 Å². The van der Waals surface area contributed by atoms with E-state index in [2.05, 4.69) is 5.10 Å². The normalized spacial score (nSPS) is 10.2. The molecule has 4 nitrogen and oxygen atoms in total. The first-order chi connectivity index (χ1) is 8.16. The summed E-state index contributed by atoms with van der Waals surface area (Å²) in [6, 6.07) is 12.3. The van der Waals surface area contributed by atoms with Gasteiger partial charge in [0.1, 0.15) is 5.69 Å². The van der Waals surface area contributed by atoms with Gasteiger partial charge in [-0.3, -0.25) is 9.59 Å². The van der Waals surface area contributed by atoms with Crippen molar-refractivity contribution < 1.29 is 4.79 Å². The van der Waals surface area contributed by atoms with E-state index in [4.69, 9.17) is 0 Å². The summed E-state index contributed by atoms with van der Waals surface area (Å²) in [5.41, 5.74) is 1.07. The lowest BCUT2D eigenvalue weighted by atomic mass is 10.2. The van der Waals surface area contributed by atoms with E-state index in [1.165, 1.54) is 23.7 Å². The third kappa shape index (κ3) is 2.66. The molecular formula is C13H12N2O2. The maximum atomic E-state index is 11.6. The molecule has 0 atom stereocenters. The molecule has 0 amide bonds. The number of rotatable bonds is 3. The number of nitrogens with zero attached hydrogens (tertiary/aromatic N) is 2. The van der Waals surface area contributed by atoms with Gasteiger partial charge in [0, 0.05) is 13.0 Å². The van der Waals surface area contributed by atoms with E-state index in [0.29, 0.717) is 12.2 Å². The van der Waals surface area contributed by atoms with E-state index < -0.39 is 0 Å². The molecule has 0 saturated heterocycles. The lowest BCUT2D eigenvalue weighted by molar-refractivity contribution is 0.101. The highest BCUT2D eigenvalue weighted by molar-refractivity contribution is 5.91. The SMILES string of the molecule is CC(=O)c1ccc(=O)n(Cc2ccccc2)n1. The molecule has 0 aliphatic heterocycles. The Morgan fingerprint density at radius 1 is 1.18 bits per heavy atom. The van der Waals surface area contributed by atoms with Crippen molar-refractivity contribution in [2.75, 3.05) is 0 Å². The summed E-state index contributed by atoms with van der Waals surface area (Å²) in [6.45, 7) is 1.81. The van der Waals surface area contributed by atoms with E-state index in [1.54, 1.807) is 0 Å². The zero-order valence-electron chi connectivity index (χ0n) is 9.46. The van der Waals surface area contributed by atoms with Crippen molar-refractivity contribution in [3.63, 3.8) is 0 Å². The predicted octanol–water partition coefficient (Wildman–Crippen LogP) is 1.49. The first kappa shape index (κ1) is 11.3. The molecule has 0 aliphatic carbocycles. The van der Waals surface area contributed by atoms with E-state index >= 15 is 0 Å². The highest BCUT2D eigenvalue weighted by Gasteiger charge is 2.04. The van der Waals surface area contributed by atoms with Crippen molar-refractivity contribution in [3.05, 3.63) is 64.1 Å². The van der Waals surface area contributed by atoms with Crippen LogP contribution in [-0.4, -0.2) is 15.6 Å². The number of carbonyl (C=O) groups is 1. The first-order valence-corrected chi connectivity index (χ1v) is 5.30. The van der Waals surface area contributed by atoms with Crippen LogP contribution in [0.15, 0.2) is 47.3 Å². The van der Waals surface area contributed by atoms with Crippen molar-refractivity contribution in [2.24, 2.45) is 0 Å². The van der Waals surface area contributed by atoms with Crippen LogP contribution in [0, 0.1) is 0 Å². The van der Waals surface area contributed by atoms with Crippen LogP contribution < -0.4 is 5.56 Å². The molecule has 1 aromatic heterocycles. The minimum Gasteiger partial charge on any atom is -0.293 e. The molecular weight excluding hydrogens is 216 g/mol. The highest BCUT2D eigenvalue weighted by Crippen LogP contribution is 2.00. The second-order valence-electron chi connectivity index (χ2n) is 3.76. The number of Topliss-reactive ketones (excluding diaryl/α,β-unsaturated/α-hetero) is 1. The van der Waals surface area contributed by atoms with Gasteiger partial charge in [-0.2, -0.15) is 5.10 Å². The number of ketones is 1. The van der Waals surface area contributed by atoms with Gasteiger partial charge >= 0.3 is 0 Å². The van der Waals surface area contributed by atoms with Crippen LogP contribution in [0.3, 0.4) is 0 Å². The quantitative estimate of drug-likeness (QED) is 0.748. The molecule has 2 rings (SSSR count). The molecule has 0 radical (unpaired) electrons. The lowest BCUT2D eigenvalue weighted by Crippen LogP contribution is -2.24. The van der Waals surface area contributed by atoms with Gasteiger partial charge in [-0.15, -0.1) is 0 Å². The smallest absolute Gasteiger partial charge is 0.267 e. The zero-order chi connectivity index (χ0) is 12.3. The molecule has 1 heterocycles. The standard InChI is InChI=1S/C13H12N2O2/c1-10(16)12-7-8-13(17)15(14-12)9-11-5-3-2-4-6-11/h2-8H,9H2,1H3. The summed E-state index contributed by atoms with van der Waals surface area (Å²) in [7, 11) is 0. The third-order valence-corrected chi connectivity index (χ3v) is 2.40. The van der Waals surface area contributed by atoms with Crippen molar-refractivity contribution in [1.82, 2.24) is 9.78 Å². The number of aromatic nitrogens is 2. The van der Waals surface area contributed by atoms with E-state index in [9.17, 15) is 9.59 Å². The second kappa shape index (κ2) is 4.74. The Bertz CT molecular complexity index is 588. The average molecular weight is 228 g/mol. The third-order valence-electron chi connectivity index (χ3n) is 2.40. The molecule has 0 saturated carbocycles. The minimum atomic E-state index is -0.209. The summed E-state index contributed by atoms with van der Waals surface area (Å²) in [6.07, 6.45) is 0. The predicted molar refractivity (Wildman–Crippen MR) is 64.0 cm³/mol. The number of hydrogen-bond acceptors (Lipinski definition) is 3. The van der Waals surface area contributed by atoms with Crippen LogP contribution >= 0.6 is 0 Å². The number of hydrogen-bond donors (Lipinski definition) is 0. The molecule has 0 spiro atoms. The summed E-state index contributed by atoms with van der Waals surface area (Å²) >= 11 is 0. The molecule has 2 aromatic rings. The van der Waals surface area contributed by atoms with Crippen molar-refractivity contribution in [2.45, 2.75) is 13.5 Å². The molecule has 0 aliphatic rings. The van der Waals surface area contributed by atoms with Gasteiger partial charge in [0.25, 0.3) is 5.56 Å². The Balaban J connectivity index is 2.36. The van der Waals surface area contributed by atoms with Crippen molar-refractivity contribution in [3.8, 4) is 0 Å². The van der Waals surface area contributed by atoms with Crippen LogP contribution in [-0.2, 0) is 6.54 Å². The molecule has 0 unspecified atom stereocenters. The maximum absolute atomic E-state index is 11.6. The summed E-state index contributed by atoms with van der Waals surface area (Å²) in [5, 5.41) is 4.02. The Hall–Kier alpha value is -2.23. The van der Waals surface area contributed by atoms with E-state index in [1.807, 2.05) is 30.3 Å². The first-order valence-electron chi connectivity index (χ1n) is 5.30. The van der Waals surface area contributed by atoms with Gasteiger partial charge in [-0.05, 0) is 11.6 Å². The summed E-state index contributed by atoms with van der Waals surface area (Å²) in [5.74, 6) is -0.146. The second-order valence-corrected chi connectivity index (χ2v) is 3.76. The molecule has 0 N–H and O–H groups in total. The average Bonchev–Trinajstić information content (AvgIpc) is 2.33. The van der Waals surface area contributed by atoms with Crippen LogP contribution in [0.4, 0.5) is 0 Å². The molecule has 86 valence electrons. The number of carbonyl (C=O) groups excluding carboxylic acids is 1. The van der Waals surface area contributed by atoms with Crippen LogP contribution in [0.2, 0.25) is 0 Å². The Morgan fingerprint density at radius 3 is 2.53 bits per heavy atom. The largest absolute Gasteiger partial charge is 0.293 e. The van der Waals surface area contributed by atoms with Crippen LogP contribution in [0.25, 0.3) is 0 Å². The maximum Gasteiger partial charge on any atom is 0.267 e. The van der Waals surface area contributed by atoms with Crippen LogP contribution in [0.5, 0.6) is 0 Å². The Morgan fingerprint density at radius 2 is 1.88 bits per heavy atom.